The SMILES string of the molecule is C=CC(C)[C@@H](O)[C@H](C)O[Si](C)(C)C(C)(C)C. The molecule has 0 amide bonds. The van der Waals surface area contributed by atoms with E-state index in [-0.39, 0.29) is 17.1 Å². The molecule has 0 radical (unpaired) electrons. The maximum Gasteiger partial charge on any atom is 0.192 e. The van der Waals surface area contributed by atoms with E-state index in [1.165, 1.54) is 0 Å². The van der Waals surface area contributed by atoms with Gasteiger partial charge in [-0.1, -0.05) is 33.8 Å². The third-order valence-electron chi connectivity index (χ3n) is 3.68. The van der Waals surface area contributed by atoms with Gasteiger partial charge in [0.15, 0.2) is 8.32 Å². The van der Waals surface area contributed by atoms with Crippen LogP contribution in [0.5, 0.6) is 0 Å². The fraction of sp³-hybridized carbons (Fsp3) is 0.846. The molecule has 96 valence electrons. The molecule has 0 aromatic heterocycles. The highest BCUT2D eigenvalue weighted by atomic mass is 28.4. The minimum atomic E-state index is -1.78. The van der Waals surface area contributed by atoms with Gasteiger partial charge in [0.2, 0.25) is 0 Å². The lowest BCUT2D eigenvalue weighted by Crippen LogP contribution is -2.47. The summed E-state index contributed by atoms with van der Waals surface area (Å²) in [7, 11) is -1.78. The third kappa shape index (κ3) is 4.04. The van der Waals surface area contributed by atoms with E-state index in [0.717, 1.165) is 0 Å². The molecule has 0 aliphatic rings. The number of aliphatic hydroxyl groups excluding tert-OH is 1. The van der Waals surface area contributed by atoms with Crippen molar-refractivity contribution in [3.8, 4) is 0 Å². The molecule has 0 spiro atoms. The van der Waals surface area contributed by atoms with Crippen LogP contribution in [0.1, 0.15) is 34.6 Å². The summed E-state index contributed by atoms with van der Waals surface area (Å²) in [6.07, 6.45) is 1.18. The quantitative estimate of drug-likeness (QED) is 0.592. The van der Waals surface area contributed by atoms with E-state index in [9.17, 15) is 5.11 Å². The van der Waals surface area contributed by atoms with Crippen molar-refractivity contribution in [3.05, 3.63) is 12.7 Å². The highest BCUT2D eigenvalue weighted by Crippen LogP contribution is 2.37. The zero-order valence-electron chi connectivity index (χ0n) is 11.9. The molecule has 1 unspecified atom stereocenters. The van der Waals surface area contributed by atoms with Gasteiger partial charge in [0, 0.05) is 5.92 Å². The second-order valence-electron chi connectivity index (χ2n) is 6.17. The number of hydrogen-bond donors (Lipinski definition) is 1. The van der Waals surface area contributed by atoms with E-state index < -0.39 is 14.4 Å². The topological polar surface area (TPSA) is 29.5 Å². The first-order valence-corrected chi connectivity index (χ1v) is 8.92. The van der Waals surface area contributed by atoms with Crippen molar-refractivity contribution in [1.29, 1.82) is 0 Å². The van der Waals surface area contributed by atoms with Crippen LogP contribution >= 0.6 is 0 Å². The molecule has 1 N–H and O–H groups in total. The Morgan fingerprint density at radius 2 is 1.69 bits per heavy atom. The zero-order chi connectivity index (χ0) is 13.1. The summed E-state index contributed by atoms with van der Waals surface area (Å²) in [5.74, 6) is 0.0692. The van der Waals surface area contributed by atoms with Crippen LogP contribution in [-0.4, -0.2) is 25.6 Å². The molecule has 0 aliphatic heterocycles. The first kappa shape index (κ1) is 15.9. The summed E-state index contributed by atoms with van der Waals surface area (Å²) in [4.78, 5) is 0. The fourth-order valence-electron chi connectivity index (χ4n) is 1.28. The maximum absolute atomic E-state index is 10.0. The van der Waals surface area contributed by atoms with Gasteiger partial charge in [-0.25, -0.2) is 0 Å². The second kappa shape index (κ2) is 5.47. The number of aliphatic hydroxyl groups is 1. The minimum Gasteiger partial charge on any atom is -0.412 e. The Bertz CT molecular complexity index is 231. The molecule has 0 rings (SSSR count). The second-order valence-corrected chi connectivity index (χ2v) is 10.9. The smallest absolute Gasteiger partial charge is 0.192 e. The molecule has 0 bridgehead atoms. The van der Waals surface area contributed by atoms with Gasteiger partial charge >= 0.3 is 0 Å². The van der Waals surface area contributed by atoms with E-state index in [0.29, 0.717) is 0 Å². The summed E-state index contributed by atoms with van der Waals surface area (Å²) in [5, 5.41) is 10.2. The summed E-state index contributed by atoms with van der Waals surface area (Å²) in [5.41, 5.74) is 0. The van der Waals surface area contributed by atoms with Gasteiger partial charge < -0.3 is 9.53 Å². The van der Waals surface area contributed by atoms with Crippen molar-refractivity contribution in [2.45, 2.75) is 65.0 Å². The lowest BCUT2D eigenvalue weighted by molar-refractivity contribution is 0.0169. The van der Waals surface area contributed by atoms with Crippen molar-refractivity contribution >= 4 is 8.32 Å². The van der Waals surface area contributed by atoms with E-state index in [1.807, 2.05) is 13.8 Å². The largest absolute Gasteiger partial charge is 0.412 e. The van der Waals surface area contributed by atoms with Crippen LogP contribution in [-0.2, 0) is 4.43 Å². The molecule has 0 fully saturated rings. The van der Waals surface area contributed by atoms with Gasteiger partial charge in [0.05, 0.1) is 12.2 Å². The van der Waals surface area contributed by atoms with Crippen LogP contribution in [0.2, 0.25) is 18.1 Å². The average Bonchev–Trinajstić information content (AvgIpc) is 2.12. The third-order valence-corrected chi connectivity index (χ3v) is 8.25. The lowest BCUT2D eigenvalue weighted by atomic mass is 10.0. The van der Waals surface area contributed by atoms with Crippen LogP contribution in [0, 0.1) is 5.92 Å². The highest BCUT2D eigenvalue weighted by Gasteiger charge is 2.39. The van der Waals surface area contributed by atoms with Gasteiger partial charge in [-0.05, 0) is 25.1 Å². The summed E-state index contributed by atoms with van der Waals surface area (Å²) >= 11 is 0. The summed E-state index contributed by atoms with van der Waals surface area (Å²) in [6, 6.07) is 0. The molecule has 2 nitrogen and oxygen atoms in total. The lowest BCUT2D eigenvalue weighted by Gasteiger charge is -2.40. The van der Waals surface area contributed by atoms with Crippen LogP contribution in [0.15, 0.2) is 12.7 Å². The molecule has 3 heteroatoms. The Morgan fingerprint density at radius 3 is 2.00 bits per heavy atom. The van der Waals surface area contributed by atoms with Gasteiger partial charge in [-0.2, -0.15) is 0 Å². The van der Waals surface area contributed by atoms with Gasteiger partial charge in [-0.3, -0.25) is 0 Å². The Morgan fingerprint density at radius 1 is 1.25 bits per heavy atom. The van der Waals surface area contributed by atoms with Crippen molar-refractivity contribution in [2.24, 2.45) is 5.92 Å². The first-order valence-electron chi connectivity index (χ1n) is 6.01. The molecule has 3 atom stereocenters. The molecule has 0 heterocycles. The predicted octanol–water partition coefficient (Wildman–Crippen LogP) is 3.58. The Labute approximate surface area is 102 Å². The summed E-state index contributed by atoms with van der Waals surface area (Å²) in [6.45, 7) is 18.6. The van der Waals surface area contributed by atoms with E-state index in [4.69, 9.17) is 4.43 Å². The molecular formula is C13H28O2Si. The van der Waals surface area contributed by atoms with Crippen molar-refractivity contribution in [1.82, 2.24) is 0 Å². The van der Waals surface area contributed by atoms with Crippen LogP contribution in [0.4, 0.5) is 0 Å². The Hall–Kier alpha value is -0.123. The molecule has 0 aromatic carbocycles. The van der Waals surface area contributed by atoms with Gasteiger partial charge in [0.1, 0.15) is 0 Å². The number of rotatable bonds is 5. The zero-order valence-corrected chi connectivity index (χ0v) is 12.9. The molecule has 0 aliphatic carbocycles. The van der Waals surface area contributed by atoms with E-state index in [1.54, 1.807) is 6.08 Å². The minimum absolute atomic E-state index is 0.0692. The standard InChI is InChI=1S/C13H28O2Si/c1-9-10(2)12(14)11(3)15-16(7,8)13(4,5)6/h9-12,14H,1H2,2-8H3/t10?,11-,12+/m0/s1. The normalized spacial score (nSPS) is 19.0. The predicted molar refractivity (Wildman–Crippen MR) is 73.1 cm³/mol. The van der Waals surface area contributed by atoms with Gasteiger partial charge in [-0.15, -0.1) is 6.58 Å². The van der Waals surface area contributed by atoms with Crippen LogP contribution < -0.4 is 0 Å². The highest BCUT2D eigenvalue weighted by molar-refractivity contribution is 6.74. The van der Waals surface area contributed by atoms with Gasteiger partial charge in [0.25, 0.3) is 0 Å². The van der Waals surface area contributed by atoms with Crippen molar-refractivity contribution in [3.63, 3.8) is 0 Å². The molecule has 0 saturated heterocycles. The van der Waals surface area contributed by atoms with Crippen molar-refractivity contribution in [2.75, 3.05) is 0 Å². The molecule has 16 heavy (non-hydrogen) atoms. The maximum atomic E-state index is 10.0. The number of hydrogen-bond acceptors (Lipinski definition) is 2. The van der Waals surface area contributed by atoms with Crippen LogP contribution in [0.25, 0.3) is 0 Å². The van der Waals surface area contributed by atoms with E-state index >= 15 is 0 Å². The average molecular weight is 244 g/mol. The molecule has 0 aromatic rings. The Kier molecular flexibility index (Phi) is 5.43. The van der Waals surface area contributed by atoms with E-state index in [2.05, 4.69) is 40.4 Å². The van der Waals surface area contributed by atoms with Crippen LogP contribution in [0.3, 0.4) is 0 Å². The van der Waals surface area contributed by atoms with Crippen molar-refractivity contribution < 1.29 is 9.53 Å². The first-order chi connectivity index (χ1) is 7.03. The Balaban J connectivity index is 4.56. The molecular weight excluding hydrogens is 216 g/mol. The molecule has 0 saturated carbocycles. The fourth-order valence-corrected chi connectivity index (χ4v) is 2.70. The monoisotopic (exact) mass is 244 g/mol. The summed E-state index contributed by atoms with van der Waals surface area (Å²) < 4.78 is 6.13.